The minimum absolute atomic E-state index is 0.172. The molecule has 4 rings (SSSR count). The number of carbonyl (C=O) groups excluding carboxylic acids is 1. The third kappa shape index (κ3) is 4.04. The number of nitrogens with one attached hydrogen (secondary N) is 1. The molecule has 29 heavy (non-hydrogen) atoms. The molecular weight excluding hydrogens is 384 g/mol. The fraction of sp³-hybridized carbons (Fsp3) is 0.261. The van der Waals surface area contributed by atoms with Crippen LogP contribution in [0.5, 0.6) is 0 Å². The lowest BCUT2D eigenvalue weighted by atomic mass is 10.0. The van der Waals surface area contributed by atoms with Crippen molar-refractivity contribution in [2.45, 2.75) is 30.7 Å². The molecule has 5 nitrogen and oxygen atoms in total. The summed E-state index contributed by atoms with van der Waals surface area (Å²) >= 11 is 0. The Morgan fingerprint density at radius 3 is 2.41 bits per heavy atom. The molecule has 1 fully saturated rings. The standard InChI is InChI=1S/C23H24N2O3S/c1-17(19-12-11-18-7-2-3-8-20(18)15-19)24-23(26)21-9-6-10-22(16-21)29(27,28)25-13-4-5-14-25/h2-3,6-12,15-17H,4-5,13-14H2,1H3,(H,24,26). The smallest absolute Gasteiger partial charge is 0.251 e. The molecule has 1 heterocycles. The van der Waals surface area contributed by atoms with Crippen LogP contribution in [0, 0.1) is 0 Å². The number of hydrogen-bond donors (Lipinski definition) is 1. The molecular formula is C23H24N2O3S. The lowest BCUT2D eigenvalue weighted by Crippen LogP contribution is -2.29. The predicted molar refractivity (Wildman–Crippen MR) is 114 cm³/mol. The third-order valence-corrected chi connectivity index (χ3v) is 7.31. The summed E-state index contributed by atoms with van der Waals surface area (Å²) in [5.41, 5.74) is 1.34. The molecule has 150 valence electrons. The van der Waals surface area contributed by atoms with E-state index in [9.17, 15) is 13.2 Å². The van der Waals surface area contributed by atoms with Crippen molar-refractivity contribution in [3.8, 4) is 0 Å². The van der Waals surface area contributed by atoms with Crippen LogP contribution in [0.15, 0.2) is 71.6 Å². The van der Waals surface area contributed by atoms with E-state index in [1.807, 2.05) is 37.3 Å². The Kier molecular flexibility index (Phi) is 5.39. The zero-order valence-electron chi connectivity index (χ0n) is 16.3. The van der Waals surface area contributed by atoms with Gasteiger partial charge in [-0.3, -0.25) is 4.79 Å². The van der Waals surface area contributed by atoms with Crippen molar-refractivity contribution in [1.29, 1.82) is 0 Å². The Morgan fingerprint density at radius 2 is 1.66 bits per heavy atom. The Morgan fingerprint density at radius 1 is 0.931 bits per heavy atom. The van der Waals surface area contributed by atoms with Gasteiger partial charge in [0.2, 0.25) is 10.0 Å². The maximum Gasteiger partial charge on any atom is 0.251 e. The van der Waals surface area contributed by atoms with Gasteiger partial charge >= 0.3 is 0 Å². The number of amides is 1. The van der Waals surface area contributed by atoms with Crippen molar-refractivity contribution in [3.63, 3.8) is 0 Å². The molecule has 1 aliphatic rings. The van der Waals surface area contributed by atoms with Gasteiger partial charge in [0.25, 0.3) is 5.91 Å². The Balaban J connectivity index is 1.53. The van der Waals surface area contributed by atoms with Crippen LogP contribution in [0.3, 0.4) is 0 Å². The maximum atomic E-state index is 12.8. The van der Waals surface area contributed by atoms with Gasteiger partial charge in [0.15, 0.2) is 0 Å². The Labute approximate surface area is 171 Å². The molecule has 1 aliphatic heterocycles. The van der Waals surface area contributed by atoms with Crippen molar-refractivity contribution in [2.24, 2.45) is 0 Å². The molecule has 0 saturated carbocycles. The summed E-state index contributed by atoms with van der Waals surface area (Å²) in [4.78, 5) is 12.9. The molecule has 0 aliphatic carbocycles. The monoisotopic (exact) mass is 408 g/mol. The summed E-state index contributed by atoms with van der Waals surface area (Å²) in [6, 6.07) is 20.3. The average molecular weight is 409 g/mol. The second-order valence-electron chi connectivity index (χ2n) is 7.44. The van der Waals surface area contributed by atoms with Gasteiger partial charge in [0.05, 0.1) is 10.9 Å². The molecule has 0 aromatic heterocycles. The van der Waals surface area contributed by atoms with E-state index in [1.165, 1.54) is 10.4 Å². The summed E-state index contributed by atoms with van der Waals surface area (Å²) in [6.45, 7) is 3.00. The highest BCUT2D eigenvalue weighted by Crippen LogP contribution is 2.23. The van der Waals surface area contributed by atoms with Crippen molar-refractivity contribution in [1.82, 2.24) is 9.62 Å². The number of fused-ring (bicyclic) bond motifs is 1. The fourth-order valence-electron chi connectivity index (χ4n) is 3.72. The first kappa shape index (κ1) is 19.6. The minimum atomic E-state index is -3.55. The SMILES string of the molecule is CC(NC(=O)c1cccc(S(=O)(=O)N2CCCC2)c1)c1ccc2ccccc2c1. The van der Waals surface area contributed by atoms with Crippen LogP contribution in [0.2, 0.25) is 0 Å². The van der Waals surface area contributed by atoms with Crippen molar-refractivity contribution in [2.75, 3.05) is 13.1 Å². The van der Waals surface area contributed by atoms with E-state index in [0.29, 0.717) is 18.7 Å². The summed E-state index contributed by atoms with van der Waals surface area (Å²) in [5.74, 6) is -0.288. The zero-order chi connectivity index (χ0) is 20.4. The van der Waals surface area contributed by atoms with Gasteiger partial charge < -0.3 is 5.32 Å². The van der Waals surface area contributed by atoms with E-state index >= 15 is 0 Å². The molecule has 3 aromatic carbocycles. The number of rotatable bonds is 5. The first-order valence-corrected chi connectivity index (χ1v) is 11.3. The van der Waals surface area contributed by atoms with Crippen LogP contribution in [-0.4, -0.2) is 31.7 Å². The van der Waals surface area contributed by atoms with Gasteiger partial charge in [-0.15, -0.1) is 0 Å². The molecule has 6 heteroatoms. The van der Waals surface area contributed by atoms with Gasteiger partial charge in [-0.1, -0.05) is 42.5 Å². The van der Waals surface area contributed by atoms with Crippen LogP contribution in [0.25, 0.3) is 10.8 Å². The van der Waals surface area contributed by atoms with Crippen molar-refractivity contribution < 1.29 is 13.2 Å². The molecule has 1 saturated heterocycles. The first-order valence-electron chi connectivity index (χ1n) is 9.85. The van der Waals surface area contributed by atoms with E-state index < -0.39 is 10.0 Å². The molecule has 0 bridgehead atoms. The quantitative estimate of drug-likeness (QED) is 0.691. The first-order chi connectivity index (χ1) is 13.9. The highest BCUT2D eigenvalue weighted by Gasteiger charge is 2.27. The third-order valence-electron chi connectivity index (χ3n) is 5.42. The van der Waals surface area contributed by atoms with Gasteiger partial charge in [0, 0.05) is 18.7 Å². The van der Waals surface area contributed by atoms with Crippen molar-refractivity contribution in [3.05, 3.63) is 77.9 Å². The van der Waals surface area contributed by atoms with Gasteiger partial charge in [0.1, 0.15) is 0 Å². The number of benzene rings is 3. The molecule has 1 unspecified atom stereocenters. The van der Waals surface area contributed by atoms with E-state index in [0.717, 1.165) is 29.2 Å². The molecule has 1 atom stereocenters. The van der Waals surface area contributed by atoms with Crippen LogP contribution in [-0.2, 0) is 10.0 Å². The van der Waals surface area contributed by atoms with E-state index in [1.54, 1.807) is 18.2 Å². The predicted octanol–water partition coefficient (Wildman–Crippen LogP) is 4.12. The van der Waals surface area contributed by atoms with Crippen LogP contribution in [0.1, 0.15) is 41.7 Å². The number of nitrogens with zero attached hydrogens (tertiary/aromatic N) is 1. The van der Waals surface area contributed by atoms with Crippen LogP contribution in [0.4, 0.5) is 0 Å². The van der Waals surface area contributed by atoms with Gasteiger partial charge in [-0.05, 0) is 60.4 Å². The maximum absolute atomic E-state index is 12.8. The minimum Gasteiger partial charge on any atom is -0.346 e. The molecule has 0 radical (unpaired) electrons. The molecule has 3 aromatic rings. The summed E-state index contributed by atoms with van der Waals surface area (Å²) in [6.07, 6.45) is 1.76. The fourth-order valence-corrected chi connectivity index (χ4v) is 5.28. The number of sulfonamides is 1. The molecule has 1 amide bonds. The highest BCUT2D eigenvalue weighted by molar-refractivity contribution is 7.89. The van der Waals surface area contributed by atoms with E-state index in [4.69, 9.17) is 0 Å². The van der Waals surface area contributed by atoms with E-state index in [-0.39, 0.29) is 16.8 Å². The molecule has 0 spiro atoms. The van der Waals surface area contributed by atoms with Crippen molar-refractivity contribution >= 4 is 26.7 Å². The second-order valence-corrected chi connectivity index (χ2v) is 9.38. The highest BCUT2D eigenvalue weighted by atomic mass is 32.2. The lowest BCUT2D eigenvalue weighted by Gasteiger charge is -2.17. The second kappa shape index (κ2) is 7.97. The Bertz CT molecular complexity index is 1150. The Hall–Kier alpha value is -2.70. The number of hydrogen-bond acceptors (Lipinski definition) is 3. The lowest BCUT2D eigenvalue weighted by molar-refractivity contribution is 0.0939. The average Bonchev–Trinajstić information content (AvgIpc) is 3.29. The van der Waals surface area contributed by atoms with E-state index in [2.05, 4.69) is 17.4 Å². The van der Waals surface area contributed by atoms with Gasteiger partial charge in [-0.25, -0.2) is 8.42 Å². The molecule has 1 N–H and O–H groups in total. The zero-order valence-corrected chi connectivity index (χ0v) is 17.2. The summed E-state index contributed by atoms with van der Waals surface area (Å²) in [7, 11) is -3.55. The topological polar surface area (TPSA) is 66.5 Å². The summed E-state index contributed by atoms with van der Waals surface area (Å²) < 4.78 is 27.0. The number of carbonyl (C=O) groups is 1. The van der Waals surface area contributed by atoms with Crippen LogP contribution < -0.4 is 5.32 Å². The van der Waals surface area contributed by atoms with Gasteiger partial charge in [-0.2, -0.15) is 4.31 Å². The largest absolute Gasteiger partial charge is 0.346 e. The normalized spacial score (nSPS) is 16.0. The van der Waals surface area contributed by atoms with Crippen LogP contribution >= 0.6 is 0 Å². The summed E-state index contributed by atoms with van der Waals surface area (Å²) in [5, 5.41) is 5.24.